The van der Waals surface area contributed by atoms with E-state index in [2.05, 4.69) is 35.4 Å². The molecular formula is C16H30N4. The Labute approximate surface area is 123 Å². The molecule has 1 N–H and O–H groups in total. The maximum atomic E-state index is 4.23. The van der Waals surface area contributed by atoms with Crippen molar-refractivity contribution in [3.8, 4) is 0 Å². The van der Waals surface area contributed by atoms with Crippen LogP contribution in [0.1, 0.15) is 38.7 Å². The van der Waals surface area contributed by atoms with Crippen molar-refractivity contribution in [3.05, 3.63) is 18.0 Å². The van der Waals surface area contributed by atoms with Crippen molar-refractivity contribution in [2.45, 2.75) is 45.6 Å². The van der Waals surface area contributed by atoms with Crippen molar-refractivity contribution >= 4 is 0 Å². The van der Waals surface area contributed by atoms with Gasteiger partial charge in [-0.15, -0.1) is 0 Å². The summed E-state index contributed by atoms with van der Waals surface area (Å²) in [6, 6.07) is 0.676. The highest BCUT2D eigenvalue weighted by Gasteiger charge is 2.23. The minimum Gasteiger partial charge on any atom is -0.314 e. The van der Waals surface area contributed by atoms with Crippen LogP contribution in [0.2, 0.25) is 0 Å². The maximum absolute atomic E-state index is 4.23. The first-order chi connectivity index (χ1) is 9.69. The van der Waals surface area contributed by atoms with Crippen LogP contribution < -0.4 is 5.32 Å². The van der Waals surface area contributed by atoms with Gasteiger partial charge in [0.15, 0.2) is 0 Å². The lowest BCUT2D eigenvalue weighted by molar-refractivity contribution is 0.164. The third-order valence-corrected chi connectivity index (χ3v) is 4.53. The SMILES string of the molecule is CCCNC(C)C1CCN(CCc2cnn(C)c2)CC1. The average Bonchev–Trinajstić information content (AvgIpc) is 2.89. The molecule has 4 heteroatoms. The van der Waals surface area contributed by atoms with Gasteiger partial charge in [0.1, 0.15) is 0 Å². The predicted octanol–water partition coefficient (Wildman–Crippen LogP) is 2.06. The Morgan fingerprint density at radius 2 is 2.15 bits per heavy atom. The van der Waals surface area contributed by atoms with Gasteiger partial charge in [-0.3, -0.25) is 4.68 Å². The zero-order valence-corrected chi connectivity index (χ0v) is 13.3. The summed E-state index contributed by atoms with van der Waals surface area (Å²) in [5, 5.41) is 7.88. The molecule has 0 spiro atoms. The second-order valence-electron chi connectivity index (χ2n) is 6.19. The van der Waals surface area contributed by atoms with Gasteiger partial charge in [-0.05, 0) is 63.7 Å². The highest BCUT2D eigenvalue weighted by molar-refractivity contribution is 5.04. The number of hydrogen-bond donors (Lipinski definition) is 1. The van der Waals surface area contributed by atoms with Crippen LogP contribution in [-0.4, -0.2) is 46.9 Å². The predicted molar refractivity (Wildman–Crippen MR) is 83.8 cm³/mol. The summed E-state index contributed by atoms with van der Waals surface area (Å²) < 4.78 is 1.89. The van der Waals surface area contributed by atoms with Gasteiger partial charge in [0.05, 0.1) is 6.20 Å². The molecule has 0 aromatic carbocycles. The highest BCUT2D eigenvalue weighted by atomic mass is 15.2. The van der Waals surface area contributed by atoms with E-state index < -0.39 is 0 Å². The molecule has 1 aliphatic heterocycles. The molecule has 1 atom stereocenters. The Bertz CT molecular complexity index is 380. The molecule has 0 radical (unpaired) electrons. The first-order valence-electron chi connectivity index (χ1n) is 8.12. The van der Waals surface area contributed by atoms with Gasteiger partial charge in [0.2, 0.25) is 0 Å². The van der Waals surface area contributed by atoms with Crippen molar-refractivity contribution in [1.29, 1.82) is 0 Å². The molecule has 1 aliphatic rings. The lowest BCUT2D eigenvalue weighted by Gasteiger charge is -2.35. The topological polar surface area (TPSA) is 33.1 Å². The first-order valence-corrected chi connectivity index (χ1v) is 8.12. The van der Waals surface area contributed by atoms with Crippen molar-refractivity contribution in [2.75, 3.05) is 26.2 Å². The van der Waals surface area contributed by atoms with Gasteiger partial charge >= 0.3 is 0 Å². The fourth-order valence-electron chi connectivity index (χ4n) is 3.10. The van der Waals surface area contributed by atoms with Crippen LogP contribution in [0.4, 0.5) is 0 Å². The standard InChI is InChI=1S/C16H30N4/c1-4-8-17-14(2)16-6-10-20(11-7-16)9-5-15-12-18-19(3)13-15/h12-14,16-17H,4-11H2,1-3H3. The van der Waals surface area contributed by atoms with E-state index in [0.29, 0.717) is 6.04 Å². The van der Waals surface area contributed by atoms with Gasteiger partial charge in [-0.25, -0.2) is 0 Å². The largest absolute Gasteiger partial charge is 0.314 e. The zero-order valence-electron chi connectivity index (χ0n) is 13.3. The van der Waals surface area contributed by atoms with Crippen LogP contribution in [0.15, 0.2) is 12.4 Å². The number of nitrogens with zero attached hydrogens (tertiary/aromatic N) is 3. The summed E-state index contributed by atoms with van der Waals surface area (Å²) in [6.07, 6.45) is 9.15. The average molecular weight is 278 g/mol. The summed E-state index contributed by atoms with van der Waals surface area (Å²) in [4.78, 5) is 2.61. The maximum Gasteiger partial charge on any atom is 0.0522 e. The van der Waals surface area contributed by atoms with Crippen LogP contribution >= 0.6 is 0 Å². The first kappa shape index (κ1) is 15.5. The summed E-state index contributed by atoms with van der Waals surface area (Å²) in [6.45, 7) is 9.43. The summed E-state index contributed by atoms with van der Waals surface area (Å²) in [7, 11) is 1.99. The van der Waals surface area contributed by atoms with Crippen LogP contribution in [0.5, 0.6) is 0 Å². The zero-order chi connectivity index (χ0) is 14.4. The van der Waals surface area contributed by atoms with E-state index in [9.17, 15) is 0 Å². The summed E-state index contributed by atoms with van der Waals surface area (Å²) in [5.74, 6) is 0.858. The van der Waals surface area contributed by atoms with Crippen molar-refractivity contribution < 1.29 is 0 Å². The molecule has 114 valence electrons. The summed E-state index contributed by atoms with van der Waals surface area (Å²) >= 11 is 0. The van der Waals surface area contributed by atoms with E-state index in [1.165, 1.54) is 44.5 Å². The van der Waals surface area contributed by atoms with E-state index in [1.54, 1.807) is 0 Å². The van der Waals surface area contributed by atoms with Gasteiger partial charge in [0, 0.05) is 25.8 Å². The second-order valence-corrected chi connectivity index (χ2v) is 6.19. The third kappa shape index (κ3) is 4.60. The number of hydrogen-bond acceptors (Lipinski definition) is 3. The lowest BCUT2D eigenvalue weighted by atomic mass is 9.90. The van der Waals surface area contributed by atoms with Crippen molar-refractivity contribution in [3.63, 3.8) is 0 Å². The molecule has 1 fully saturated rings. The van der Waals surface area contributed by atoms with Crippen LogP contribution in [-0.2, 0) is 13.5 Å². The summed E-state index contributed by atoms with van der Waals surface area (Å²) in [5.41, 5.74) is 1.35. The van der Waals surface area contributed by atoms with Gasteiger partial charge in [-0.2, -0.15) is 5.10 Å². The molecule has 2 rings (SSSR count). The Morgan fingerprint density at radius 3 is 2.75 bits per heavy atom. The Morgan fingerprint density at radius 1 is 1.40 bits per heavy atom. The second kappa shape index (κ2) is 7.79. The van der Waals surface area contributed by atoms with E-state index in [4.69, 9.17) is 0 Å². The molecule has 1 unspecified atom stereocenters. The Kier molecular flexibility index (Phi) is 6.05. The molecular weight excluding hydrogens is 248 g/mol. The number of aryl methyl sites for hydroxylation is 1. The lowest BCUT2D eigenvalue weighted by Crippen LogP contribution is -2.42. The fraction of sp³-hybridized carbons (Fsp3) is 0.812. The molecule has 1 aromatic heterocycles. The number of aromatic nitrogens is 2. The molecule has 20 heavy (non-hydrogen) atoms. The van der Waals surface area contributed by atoms with E-state index in [-0.39, 0.29) is 0 Å². The number of likely N-dealkylation sites (tertiary alicyclic amines) is 1. The Hall–Kier alpha value is -0.870. The van der Waals surface area contributed by atoms with Crippen LogP contribution in [0, 0.1) is 5.92 Å². The molecule has 2 heterocycles. The molecule has 0 bridgehead atoms. The van der Waals surface area contributed by atoms with E-state index in [1.807, 2.05) is 17.9 Å². The smallest absolute Gasteiger partial charge is 0.0522 e. The number of nitrogens with one attached hydrogen (secondary N) is 1. The Balaban J connectivity index is 1.66. The molecule has 1 saturated heterocycles. The van der Waals surface area contributed by atoms with Crippen LogP contribution in [0.25, 0.3) is 0 Å². The molecule has 0 amide bonds. The molecule has 1 aromatic rings. The molecule has 0 aliphatic carbocycles. The van der Waals surface area contributed by atoms with Crippen molar-refractivity contribution in [2.24, 2.45) is 13.0 Å². The van der Waals surface area contributed by atoms with Gasteiger partial charge in [0.25, 0.3) is 0 Å². The third-order valence-electron chi connectivity index (χ3n) is 4.53. The molecule has 4 nitrogen and oxygen atoms in total. The quantitative estimate of drug-likeness (QED) is 0.829. The number of piperidine rings is 1. The normalized spacial score (nSPS) is 19.4. The minimum absolute atomic E-state index is 0.676. The van der Waals surface area contributed by atoms with E-state index in [0.717, 1.165) is 18.9 Å². The fourth-order valence-corrected chi connectivity index (χ4v) is 3.10. The van der Waals surface area contributed by atoms with Crippen LogP contribution in [0.3, 0.4) is 0 Å². The number of rotatable bonds is 7. The highest BCUT2D eigenvalue weighted by Crippen LogP contribution is 2.20. The van der Waals surface area contributed by atoms with E-state index >= 15 is 0 Å². The van der Waals surface area contributed by atoms with Crippen molar-refractivity contribution in [1.82, 2.24) is 20.0 Å². The molecule has 0 saturated carbocycles. The minimum atomic E-state index is 0.676. The van der Waals surface area contributed by atoms with Gasteiger partial charge < -0.3 is 10.2 Å². The monoisotopic (exact) mass is 278 g/mol. The van der Waals surface area contributed by atoms with Gasteiger partial charge in [-0.1, -0.05) is 6.92 Å².